The first-order chi connectivity index (χ1) is 12.5. The van der Waals surface area contributed by atoms with Gasteiger partial charge in [0.1, 0.15) is 17.2 Å². The molecule has 0 saturated carbocycles. The minimum atomic E-state index is -1.51. The minimum absolute atomic E-state index is 0.106. The summed E-state index contributed by atoms with van der Waals surface area (Å²) in [7, 11) is 3.17. The molecule has 0 aromatic carbocycles. The molecule has 0 saturated heterocycles. The number of carbonyl (C=O) groups excluding carboxylic acids is 3. The van der Waals surface area contributed by atoms with Gasteiger partial charge in [-0.15, -0.1) is 0 Å². The Balaban J connectivity index is 5.56. The van der Waals surface area contributed by atoms with E-state index in [2.05, 4.69) is 0 Å². The molecule has 9 nitrogen and oxygen atoms in total. The molecular weight excluding hydrogens is 368 g/mol. The molecule has 3 amide bonds. The van der Waals surface area contributed by atoms with Crippen LogP contribution in [-0.4, -0.2) is 70.3 Å². The lowest BCUT2D eigenvalue weighted by Crippen LogP contribution is -2.51. The van der Waals surface area contributed by atoms with Gasteiger partial charge in [-0.1, -0.05) is 6.08 Å². The SMILES string of the molecule is CN(C)C(=O)/C=C/CC[C@@H](C(=O)O)N(C(=O)OC(C)(C)C)C(=O)OC(C)(C)C. The minimum Gasteiger partial charge on any atom is -0.480 e. The lowest BCUT2D eigenvalue weighted by molar-refractivity contribution is -0.143. The third-order valence-electron chi connectivity index (χ3n) is 3.09. The Kier molecular flexibility index (Phi) is 9.17. The van der Waals surface area contributed by atoms with Crippen LogP contribution in [0.15, 0.2) is 12.2 Å². The molecule has 1 atom stereocenters. The third kappa shape index (κ3) is 9.94. The van der Waals surface area contributed by atoms with Crippen molar-refractivity contribution in [3.8, 4) is 0 Å². The van der Waals surface area contributed by atoms with E-state index >= 15 is 0 Å². The topological polar surface area (TPSA) is 113 Å². The summed E-state index contributed by atoms with van der Waals surface area (Å²) in [5, 5.41) is 9.58. The first-order valence-corrected chi connectivity index (χ1v) is 8.91. The Morgan fingerprint density at radius 1 is 0.929 bits per heavy atom. The van der Waals surface area contributed by atoms with E-state index in [1.807, 2.05) is 0 Å². The van der Waals surface area contributed by atoms with E-state index in [1.165, 1.54) is 17.1 Å². The fourth-order valence-corrected chi connectivity index (χ4v) is 1.90. The molecule has 0 aromatic rings. The standard InChI is InChI=1S/C19H32N2O7/c1-18(2,3)27-16(25)21(17(26)28-19(4,5)6)13(15(23)24)11-9-10-12-14(22)20(7)8/h10,12-13H,9,11H2,1-8H3,(H,23,24)/b12-10+/t13-/m0/s1. The molecule has 1 N–H and O–H groups in total. The van der Waals surface area contributed by atoms with Crippen molar-refractivity contribution >= 4 is 24.1 Å². The van der Waals surface area contributed by atoms with Gasteiger partial charge in [-0.05, 0) is 60.5 Å². The third-order valence-corrected chi connectivity index (χ3v) is 3.09. The summed E-state index contributed by atoms with van der Waals surface area (Å²) >= 11 is 0. The lowest BCUT2D eigenvalue weighted by Gasteiger charge is -2.31. The first kappa shape index (κ1) is 25.4. The highest BCUT2D eigenvalue weighted by Gasteiger charge is 2.39. The number of imide groups is 1. The molecule has 0 spiro atoms. The zero-order valence-corrected chi connectivity index (χ0v) is 17.9. The fourth-order valence-electron chi connectivity index (χ4n) is 1.90. The van der Waals surface area contributed by atoms with Crippen molar-refractivity contribution in [1.82, 2.24) is 9.80 Å². The quantitative estimate of drug-likeness (QED) is 0.682. The Bertz CT molecular complexity index is 585. The predicted molar refractivity (Wildman–Crippen MR) is 103 cm³/mol. The summed E-state index contributed by atoms with van der Waals surface area (Å²) in [6, 6.07) is -1.51. The monoisotopic (exact) mass is 400 g/mol. The van der Waals surface area contributed by atoms with Gasteiger partial charge in [-0.25, -0.2) is 14.4 Å². The maximum Gasteiger partial charge on any atom is 0.420 e. The van der Waals surface area contributed by atoms with Crippen LogP contribution in [0.1, 0.15) is 54.4 Å². The molecule has 0 fully saturated rings. The van der Waals surface area contributed by atoms with Gasteiger partial charge in [0.05, 0.1) is 0 Å². The molecule has 0 unspecified atom stereocenters. The summed E-state index contributed by atoms with van der Waals surface area (Å²) < 4.78 is 10.4. The smallest absolute Gasteiger partial charge is 0.420 e. The molecule has 0 heterocycles. The number of rotatable bonds is 6. The van der Waals surface area contributed by atoms with Crippen LogP contribution in [0.4, 0.5) is 9.59 Å². The highest BCUT2D eigenvalue weighted by Crippen LogP contribution is 2.19. The first-order valence-electron chi connectivity index (χ1n) is 8.91. The largest absolute Gasteiger partial charge is 0.480 e. The van der Waals surface area contributed by atoms with Gasteiger partial charge in [0.15, 0.2) is 0 Å². The van der Waals surface area contributed by atoms with Gasteiger partial charge in [0.25, 0.3) is 0 Å². The summed E-state index contributed by atoms with van der Waals surface area (Å²) in [6.07, 6.45) is 0.610. The van der Waals surface area contributed by atoms with Crippen molar-refractivity contribution in [2.45, 2.75) is 71.6 Å². The van der Waals surface area contributed by atoms with Gasteiger partial charge in [-0.2, -0.15) is 4.90 Å². The number of carboxylic acids is 1. The molecule has 0 rings (SSSR count). The van der Waals surface area contributed by atoms with Gasteiger partial charge >= 0.3 is 18.2 Å². The fraction of sp³-hybridized carbons (Fsp3) is 0.684. The van der Waals surface area contributed by atoms with Crippen LogP contribution in [0.25, 0.3) is 0 Å². The van der Waals surface area contributed by atoms with E-state index in [1.54, 1.807) is 55.6 Å². The van der Waals surface area contributed by atoms with Crippen molar-refractivity contribution in [3.63, 3.8) is 0 Å². The number of nitrogens with zero attached hydrogens (tertiary/aromatic N) is 2. The van der Waals surface area contributed by atoms with Gasteiger partial charge in [0, 0.05) is 14.1 Å². The molecule has 0 aliphatic heterocycles. The number of amides is 3. The van der Waals surface area contributed by atoms with Gasteiger partial charge < -0.3 is 19.5 Å². The van der Waals surface area contributed by atoms with Crippen molar-refractivity contribution in [3.05, 3.63) is 12.2 Å². The average Bonchev–Trinajstić information content (AvgIpc) is 2.45. The van der Waals surface area contributed by atoms with Crippen molar-refractivity contribution in [1.29, 1.82) is 0 Å². The number of carboxylic acid groups (broad SMARTS) is 1. The van der Waals surface area contributed by atoms with Crippen LogP contribution in [0.5, 0.6) is 0 Å². The number of allylic oxidation sites excluding steroid dienone is 1. The van der Waals surface area contributed by atoms with Crippen LogP contribution in [0, 0.1) is 0 Å². The van der Waals surface area contributed by atoms with Crippen LogP contribution in [0.3, 0.4) is 0 Å². The van der Waals surface area contributed by atoms with Crippen LogP contribution in [-0.2, 0) is 19.1 Å². The number of hydrogen-bond acceptors (Lipinski definition) is 6. The second-order valence-electron chi connectivity index (χ2n) is 8.40. The van der Waals surface area contributed by atoms with Crippen LogP contribution >= 0.6 is 0 Å². The highest BCUT2D eigenvalue weighted by molar-refractivity contribution is 5.93. The van der Waals surface area contributed by atoms with Crippen molar-refractivity contribution in [2.75, 3.05) is 14.1 Å². The summed E-state index contributed by atoms with van der Waals surface area (Å²) in [4.78, 5) is 50.2. The molecule has 28 heavy (non-hydrogen) atoms. The Morgan fingerprint density at radius 3 is 1.68 bits per heavy atom. The Labute approximate surface area is 166 Å². The summed E-state index contributed by atoms with van der Waals surface area (Å²) in [5.41, 5.74) is -1.86. The summed E-state index contributed by atoms with van der Waals surface area (Å²) in [5.74, 6) is -1.65. The number of aliphatic carboxylic acids is 1. The molecule has 0 aromatic heterocycles. The summed E-state index contributed by atoms with van der Waals surface area (Å²) in [6.45, 7) is 9.60. The highest BCUT2D eigenvalue weighted by atomic mass is 16.6. The van der Waals surface area contributed by atoms with Gasteiger partial charge in [-0.3, -0.25) is 4.79 Å². The molecule has 9 heteroatoms. The van der Waals surface area contributed by atoms with E-state index in [4.69, 9.17) is 9.47 Å². The number of ether oxygens (including phenoxy) is 2. The van der Waals surface area contributed by atoms with Crippen LogP contribution < -0.4 is 0 Å². The molecule has 0 aliphatic rings. The van der Waals surface area contributed by atoms with Crippen molar-refractivity contribution in [2.24, 2.45) is 0 Å². The van der Waals surface area contributed by atoms with E-state index in [0.29, 0.717) is 4.90 Å². The maximum absolute atomic E-state index is 12.5. The van der Waals surface area contributed by atoms with E-state index in [9.17, 15) is 24.3 Å². The Hall–Kier alpha value is -2.58. The van der Waals surface area contributed by atoms with Crippen molar-refractivity contribution < 1.29 is 33.8 Å². The van der Waals surface area contributed by atoms with E-state index in [-0.39, 0.29) is 18.7 Å². The van der Waals surface area contributed by atoms with Gasteiger partial charge in [0.2, 0.25) is 5.91 Å². The molecule has 0 radical (unpaired) electrons. The normalized spacial score (nSPS) is 13.0. The molecule has 0 bridgehead atoms. The zero-order valence-electron chi connectivity index (χ0n) is 17.9. The number of likely N-dealkylation sites (N-methyl/N-ethyl adjacent to an activating group) is 1. The van der Waals surface area contributed by atoms with E-state index < -0.39 is 35.4 Å². The van der Waals surface area contributed by atoms with E-state index in [0.717, 1.165) is 0 Å². The molecular formula is C19H32N2O7. The average molecular weight is 400 g/mol. The maximum atomic E-state index is 12.5. The number of carbonyl (C=O) groups is 4. The second kappa shape index (κ2) is 10.1. The zero-order chi connectivity index (χ0) is 22.3. The lowest BCUT2D eigenvalue weighted by atomic mass is 10.1. The number of hydrogen-bond donors (Lipinski definition) is 1. The predicted octanol–water partition coefficient (Wildman–Crippen LogP) is 3.04. The second-order valence-corrected chi connectivity index (χ2v) is 8.40. The Morgan fingerprint density at radius 2 is 1.36 bits per heavy atom. The van der Waals surface area contributed by atoms with Crippen LogP contribution in [0.2, 0.25) is 0 Å². The molecule has 0 aliphatic carbocycles. The molecule has 160 valence electrons.